The van der Waals surface area contributed by atoms with Crippen LogP contribution in [0.3, 0.4) is 0 Å². The van der Waals surface area contributed by atoms with Crippen LogP contribution < -0.4 is 15.4 Å². The molecule has 1 aromatic heterocycles. The first-order valence-electron chi connectivity index (χ1n) is 7.36. The standard InChI is InChI=1S/C15H16N4O3/c20-14(18-13-6-11-5-10(13)7-16-11)9-1-3-12(4-2-9)22-15-19-17-8-21-15/h1-4,8,10-11,13,16H,5-7H2,(H,18,20). The maximum atomic E-state index is 12.3. The normalized spacial score (nSPS) is 26.1. The zero-order valence-electron chi connectivity index (χ0n) is 11.9. The predicted octanol–water partition coefficient (Wildman–Crippen LogP) is 1.34. The molecule has 3 atom stereocenters. The van der Waals surface area contributed by atoms with Gasteiger partial charge in [0.1, 0.15) is 5.75 Å². The number of piperidine rings is 1. The molecule has 3 unspecified atom stereocenters. The zero-order valence-corrected chi connectivity index (χ0v) is 11.9. The van der Waals surface area contributed by atoms with Gasteiger partial charge in [-0.1, -0.05) is 5.10 Å². The molecule has 1 aromatic carbocycles. The number of rotatable bonds is 4. The van der Waals surface area contributed by atoms with Gasteiger partial charge < -0.3 is 19.8 Å². The monoisotopic (exact) mass is 300 g/mol. The van der Waals surface area contributed by atoms with Crippen molar-refractivity contribution < 1.29 is 13.9 Å². The molecule has 7 nitrogen and oxygen atoms in total. The molecule has 7 heteroatoms. The molecule has 1 saturated heterocycles. The summed E-state index contributed by atoms with van der Waals surface area (Å²) in [5.41, 5.74) is 0.619. The molecular formula is C15H16N4O3. The van der Waals surface area contributed by atoms with Crippen molar-refractivity contribution in [2.24, 2.45) is 5.92 Å². The largest absolute Gasteiger partial charge is 0.420 e. The number of fused-ring (bicyclic) bond motifs is 2. The van der Waals surface area contributed by atoms with Crippen LogP contribution in [0.25, 0.3) is 0 Å². The lowest BCUT2D eigenvalue weighted by Crippen LogP contribution is -2.44. The van der Waals surface area contributed by atoms with Gasteiger partial charge >= 0.3 is 6.08 Å². The van der Waals surface area contributed by atoms with Gasteiger partial charge in [-0.2, -0.15) is 0 Å². The molecule has 2 bridgehead atoms. The van der Waals surface area contributed by atoms with Gasteiger partial charge in [0.25, 0.3) is 5.91 Å². The number of hydrogen-bond acceptors (Lipinski definition) is 6. The summed E-state index contributed by atoms with van der Waals surface area (Å²) in [7, 11) is 0. The number of amides is 1. The Balaban J connectivity index is 1.38. The molecule has 22 heavy (non-hydrogen) atoms. The first kappa shape index (κ1) is 13.3. The average molecular weight is 300 g/mol. The summed E-state index contributed by atoms with van der Waals surface area (Å²) >= 11 is 0. The lowest BCUT2D eigenvalue weighted by Gasteiger charge is -2.23. The number of ether oxygens (including phenoxy) is 1. The fourth-order valence-electron chi connectivity index (χ4n) is 3.25. The summed E-state index contributed by atoms with van der Waals surface area (Å²) in [6, 6.07) is 7.73. The van der Waals surface area contributed by atoms with Crippen molar-refractivity contribution in [2.45, 2.75) is 24.9 Å². The van der Waals surface area contributed by atoms with Crippen LogP contribution in [0.15, 0.2) is 35.1 Å². The van der Waals surface area contributed by atoms with Gasteiger partial charge in [-0.3, -0.25) is 4.79 Å². The van der Waals surface area contributed by atoms with Crippen LogP contribution in [-0.2, 0) is 0 Å². The van der Waals surface area contributed by atoms with Crippen LogP contribution in [0, 0.1) is 5.92 Å². The fraction of sp³-hybridized carbons (Fsp3) is 0.400. The number of hydrogen-bond donors (Lipinski definition) is 2. The number of carbonyl (C=O) groups is 1. The summed E-state index contributed by atoms with van der Waals surface area (Å²) in [6.07, 6.45) is 3.46. The molecule has 1 saturated carbocycles. The Labute approximate surface area is 127 Å². The lowest BCUT2D eigenvalue weighted by molar-refractivity contribution is 0.0925. The SMILES string of the molecule is O=C(NC1CC2CC1CN2)c1ccc(Oc2nnco2)cc1. The zero-order chi connectivity index (χ0) is 14.9. The highest BCUT2D eigenvalue weighted by Gasteiger charge is 2.39. The summed E-state index contributed by atoms with van der Waals surface area (Å²) < 4.78 is 10.2. The Morgan fingerprint density at radius 2 is 2.18 bits per heavy atom. The minimum atomic E-state index is -0.0399. The molecule has 1 aliphatic heterocycles. The minimum Gasteiger partial charge on any atom is -0.410 e. The third kappa shape index (κ3) is 2.55. The van der Waals surface area contributed by atoms with E-state index in [0.29, 0.717) is 23.3 Å². The van der Waals surface area contributed by atoms with Crippen LogP contribution in [0.2, 0.25) is 0 Å². The van der Waals surface area contributed by atoms with Crippen molar-refractivity contribution >= 4 is 5.91 Å². The van der Waals surface area contributed by atoms with Crippen molar-refractivity contribution in [2.75, 3.05) is 6.54 Å². The highest BCUT2D eigenvalue weighted by Crippen LogP contribution is 2.31. The maximum Gasteiger partial charge on any atom is 0.420 e. The second kappa shape index (κ2) is 5.42. The minimum absolute atomic E-state index is 0.0399. The first-order valence-corrected chi connectivity index (χ1v) is 7.36. The molecule has 0 spiro atoms. The average Bonchev–Trinajstić information content (AvgIpc) is 3.25. The van der Waals surface area contributed by atoms with Crippen molar-refractivity contribution in [3.05, 3.63) is 36.2 Å². The van der Waals surface area contributed by atoms with E-state index in [-0.39, 0.29) is 18.0 Å². The van der Waals surface area contributed by atoms with Crippen LogP contribution >= 0.6 is 0 Å². The number of benzene rings is 1. The molecule has 1 aliphatic carbocycles. The van der Waals surface area contributed by atoms with Gasteiger partial charge in [-0.25, -0.2) is 0 Å². The molecule has 2 aromatic rings. The predicted molar refractivity (Wildman–Crippen MR) is 76.6 cm³/mol. The van der Waals surface area contributed by atoms with Crippen LogP contribution in [-0.4, -0.2) is 34.7 Å². The highest BCUT2D eigenvalue weighted by molar-refractivity contribution is 5.94. The van der Waals surface area contributed by atoms with Crippen LogP contribution in [0.4, 0.5) is 0 Å². The van der Waals surface area contributed by atoms with E-state index < -0.39 is 0 Å². The van der Waals surface area contributed by atoms with E-state index in [9.17, 15) is 4.79 Å². The Kier molecular flexibility index (Phi) is 3.27. The smallest absolute Gasteiger partial charge is 0.410 e. The van der Waals surface area contributed by atoms with Gasteiger partial charge in [0, 0.05) is 24.2 Å². The molecule has 2 heterocycles. The Hall–Kier alpha value is -2.41. The van der Waals surface area contributed by atoms with Crippen LogP contribution in [0.5, 0.6) is 11.8 Å². The Morgan fingerprint density at radius 1 is 1.32 bits per heavy atom. The van der Waals surface area contributed by atoms with E-state index >= 15 is 0 Å². The van der Waals surface area contributed by atoms with Gasteiger partial charge in [0.15, 0.2) is 0 Å². The third-order valence-electron chi connectivity index (χ3n) is 4.34. The van der Waals surface area contributed by atoms with E-state index in [1.807, 2.05) is 0 Å². The maximum absolute atomic E-state index is 12.3. The Bertz CT molecular complexity index is 656. The van der Waals surface area contributed by atoms with Gasteiger partial charge in [0.05, 0.1) is 0 Å². The van der Waals surface area contributed by atoms with Crippen molar-refractivity contribution in [1.29, 1.82) is 0 Å². The van der Waals surface area contributed by atoms with E-state index in [1.165, 1.54) is 12.8 Å². The second-order valence-electron chi connectivity index (χ2n) is 5.75. The van der Waals surface area contributed by atoms with Gasteiger partial charge in [0.2, 0.25) is 6.39 Å². The van der Waals surface area contributed by atoms with E-state index in [0.717, 1.165) is 13.0 Å². The van der Waals surface area contributed by atoms with Crippen molar-refractivity contribution in [3.63, 3.8) is 0 Å². The van der Waals surface area contributed by atoms with Crippen molar-refractivity contribution in [3.8, 4) is 11.8 Å². The summed E-state index contributed by atoms with van der Waals surface area (Å²) in [5.74, 6) is 1.07. The molecule has 4 rings (SSSR count). The summed E-state index contributed by atoms with van der Waals surface area (Å²) in [5, 5.41) is 13.7. The van der Waals surface area contributed by atoms with E-state index in [2.05, 4.69) is 20.8 Å². The molecule has 1 amide bonds. The molecule has 114 valence electrons. The molecule has 2 aliphatic rings. The molecule has 0 radical (unpaired) electrons. The van der Waals surface area contributed by atoms with Gasteiger partial charge in [-0.05, 0) is 43.0 Å². The number of nitrogens with one attached hydrogen (secondary N) is 2. The molecule has 2 fully saturated rings. The number of aromatic nitrogens is 2. The fourth-order valence-corrected chi connectivity index (χ4v) is 3.25. The highest BCUT2D eigenvalue weighted by atomic mass is 16.6. The van der Waals surface area contributed by atoms with E-state index in [4.69, 9.17) is 9.15 Å². The van der Waals surface area contributed by atoms with E-state index in [1.54, 1.807) is 24.3 Å². The van der Waals surface area contributed by atoms with Crippen molar-refractivity contribution in [1.82, 2.24) is 20.8 Å². The third-order valence-corrected chi connectivity index (χ3v) is 4.34. The molecule has 2 N–H and O–H groups in total. The topological polar surface area (TPSA) is 89.3 Å². The summed E-state index contributed by atoms with van der Waals surface area (Å²) in [4.78, 5) is 12.3. The second-order valence-corrected chi connectivity index (χ2v) is 5.75. The number of carbonyl (C=O) groups excluding carboxylic acids is 1. The van der Waals surface area contributed by atoms with Crippen LogP contribution in [0.1, 0.15) is 23.2 Å². The first-order chi connectivity index (χ1) is 10.8. The number of nitrogens with zero attached hydrogens (tertiary/aromatic N) is 2. The van der Waals surface area contributed by atoms with Gasteiger partial charge in [-0.15, -0.1) is 5.10 Å². The lowest BCUT2D eigenvalue weighted by atomic mass is 10.0. The quantitative estimate of drug-likeness (QED) is 0.886. The molecular weight excluding hydrogens is 284 g/mol. The Morgan fingerprint density at radius 3 is 2.82 bits per heavy atom. The summed E-state index contributed by atoms with van der Waals surface area (Å²) in [6.45, 7) is 1.01.